The Labute approximate surface area is 174 Å². The zero-order valence-corrected chi connectivity index (χ0v) is 16.9. The maximum absolute atomic E-state index is 12.9. The number of benzene rings is 1. The molecule has 3 atom stereocenters. The molecule has 1 spiro atoms. The van der Waals surface area contributed by atoms with Gasteiger partial charge in [-0.05, 0) is 37.8 Å². The molecule has 4 amide bonds. The molecule has 3 rings (SSSR count). The monoisotopic (exact) mass is 412 g/mol. The molecule has 1 heterocycles. The first kappa shape index (κ1) is 21.3. The number of amides is 4. The molecule has 1 aromatic rings. The summed E-state index contributed by atoms with van der Waals surface area (Å²) in [4.78, 5) is 50.7. The van der Waals surface area contributed by atoms with Gasteiger partial charge in [0.2, 0.25) is 0 Å². The van der Waals surface area contributed by atoms with Crippen LogP contribution in [-0.4, -0.2) is 46.9 Å². The predicted octanol–water partition coefficient (Wildman–Crippen LogP) is 1.93. The van der Waals surface area contributed by atoms with Crippen molar-refractivity contribution in [2.45, 2.75) is 51.2 Å². The summed E-state index contributed by atoms with van der Waals surface area (Å²) < 4.78 is 5.11. The second kappa shape index (κ2) is 8.53. The summed E-state index contributed by atoms with van der Waals surface area (Å²) in [6, 6.07) is 7.77. The Morgan fingerprint density at radius 3 is 2.80 bits per heavy atom. The van der Waals surface area contributed by atoms with Crippen molar-refractivity contribution >= 4 is 29.5 Å². The highest BCUT2D eigenvalue weighted by molar-refractivity contribution is 6.09. The standard InChI is InChI=1S/C21H24N4O5/c1-13-7-5-6-10-21(13)19(28)25(20(29)24-21)12-17(26)30-14(2)18(27)23-16-9-4-3-8-15(16)11-22/h3-4,8-9,13-14H,5-7,10,12H2,1-2H3,(H,23,27)(H,24,29)/t13-,14+,21+/m1/s1. The lowest BCUT2D eigenvalue weighted by Gasteiger charge is -2.36. The van der Waals surface area contributed by atoms with Crippen molar-refractivity contribution < 1.29 is 23.9 Å². The first-order chi connectivity index (χ1) is 14.3. The van der Waals surface area contributed by atoms with Crippen LogP contribution >= 0.6 is 0 Å². The molecule has 30 heavy (non-hydrogen) atoms. The fourth-order valence-electron chi connectivity index (χ4n) is 3.98. The van der Waals surface area contributed by atoms with Gasteiger partial charge < -0.3 is 15.4 Å². The summed E-state index contributed by atoms with van der Waals surface area (Å²) in [7, 11) is 0. The molecule has 1 aromatic carbocycles. The van der Waals surface area contributed by atoms with E-state index in [1.165, 1.54) is 6.92 Å². The number of esters is 1. The third kappa shape index (κ3) is 3.99. The van der Waals surface area contributed by atoms with E-state index in [4.69, 9.17) is 10.00 Å². The van der Waals surface area contributed by atoms with Gasteiger partial charge in [-0.3, -0.25) is 19.3 Å². The van der Waals surface area contributed by atoms with Crippen LogP contribution < -0.4 is 10.6 Å². The van der Waals surface area contributed by atoms with Crippen LogP contribution in [0.2, 0.25) is 0 Å². The Balaban J connectivity index is 1.60. The number of carbonyl (C=O) groups is 4. The minimum absolute atomic E-state index is 0.0198. The number of rotatable bonds is 5. The van der Waals surface area contributed by atoms with Crippen molar-refractivity contribution in [2.75, 3.05) is 11.9 Å². The summed E-state index contributed by atoms with van der Waals surface area (Å²) >= 11 is 0. The highest BCUT2D eigenvalue weighted by atomic mass is 16.5. The number of carbonyl (C=O) groups excluding carboxylic acids is 4. The zero-order chi connectivity index (χ0) is 21.9. The third-order valence-corrected chi connectivity index (χ3v) is 5.77. The van der Waals surface area contributed by atoms with Crippen LogP contribution in [0.15, 0.2) is 24.3 Å². The van der Waals surface area contributed by atoms with Crippen molar-refractivity contribution in [1.29, 1.82) is 5.26 Å². The van der Waals surface area contributed by atoms with Crippen LogP contribution in [0.25, 0.3) is 0 Å². The number of hydrogen-bond donors (Lipinski definition) is 2. The topological polar surface area (TPSA) is 129 Å². The van der Waals surface area contributed by atoms with Crippen molar-refractivity contribution in [3.8, 4) is 6.07 Å². The van der Waals surface area contributed by atoms with Gasteiger partial charge in [0.15, 0.2) is 6.10 Å². The first-order valence-corrected chi connectivity index (χ1v) is 9.92. The van der Waals surface area contributed by atoms with E-state index in [0.29, 0.717) is 12.1 Å². The zero-order valence-electron chi connectivity index (χ0n) is 16.9. The molecular weight excluding hydrogens is 388 g/mol. The van der Waals surface area contributed by atoms with E-state index >= 15 is 0 Å². The lowest BCUT2D eigenvalue weighted by molar-refractivity contribution is -0.155. The van der Waals surface area contributed by atoms with Gasteiger partial charge in [-0.25, -0.2) is 4.79 Å². The third-order valence-electron chi connectivity index (χ3n) is 5.77. The highest BCUT2D eigenvalue weighted by Gasteiger charge is 2.55. The lowest BCUT2D eigenvalue weighted by Crippen LogP contribution is -2.54. The number of para-hydroxylation sites is 1. The van der Waals surface area contributed by atoms with Gasteiger partial charge in [0.25, 0.3) is 11.8 Å². The van der Waals surface area contributed by atoms with Crippen LogP contribution in [0.5, 0.6) is 0 Å². The van der Waals surface area contributed by atoms with Crippen LogP contribution in [0.1, 0.15) is 45.1 Å². The van der Waals surface area contributed by atoms with Crippen molar-refractivity contribution in [2.24, 2.45) is 5.92 Å². The molecule has 0 radical (unpaired) electrons. The summed E-state index contributed by atoms with van der Waals surface area (Å²) in [6.07, 6.45) is 2.02. The van der Waals surface area contributed by atoms with Gasteiger partial charge in [0, 0.05) is 0 Å². The summed E-state index contributed by atoms with van der Waals surface area (Å²) in [5.74, 6) is -1.93. The summed E-state index contributed by atoms with van der Waals surface area (Å²) in [5.41, 5.74) is -0.384. The Kier molecular flexibility index (Phi) is 6.06. The second-order valence-electron chi connectivity index (χ2n) is 7.72. The Hall–Kier alpha value is -3.41. The van der Waals surface area contributed by atoms with E-state index in [-0.39, 0.29) is 11.5 Å². The average Bonchev–Trinajstić information content (AvgIpc) is 2.95. The van der Waals surface area contributed by atoms with E-state index in [1.54, 1.807) is 24.3 Å². The van der Waals surface area contributed by atoms with Crippen molar-refractivity contribution in [1.82, 2.24) is 10.2 Å². The minimum atomic E-state index is -1.17. The first-order valence-electron chi connectivity index (χ1n) is 9.92. The van der Waals surface area contributed by atoms with Gasteiger partial charge in [-0.2, -0.15) is 5.26 Å². The number of ether oxygens (including phenoxy) is 1. The predicted molar refractivity (Wildman–Crippen MR) is 106 cm³/mol. The maximum atomic E-state index is 12.9. The van der Waals surface area contributed by atoms with Gasteiger partial charge in [-0.15, -0.1) is 0 Å². The number of nitrogens with zero attached hydrogens (tertiary/aromatic N) is 2. The average molecular weight is 412 g/mol. The number of urea groups is 1. The summed E-state index contributed by atoms with van der Waals surface area (Å²) in [6.45, 7) is 2.73. The molecular formula is C21H24N4O5. The SMILES string of the molecule is C[C@H](OC(=O)CN1C(=O)N[C@]2(CCCC[C@H]2C)C1=O)C(=O)Nc1ccccc1C#N. The van der Waals surface area contributed by atoms with Crippen molar-refractivity contribution in [3.05, 3.63) is 29.8 Å². The van der Waals surface area contributed by atoms with Gasteiger partial charge in [0.05, 0.1) is 11.3 Å². The van der Waals surface area contributed by atoms with Gasteiger partial charge in [0.1, 0.15) is 18.2 Å². The van der Waals surface area contributed by atoms with Crippen LogP contribution in [0, 0.1) is 17.2 Å². The highest BCUT2D eigenvalue weighted by Crippen LogP contribution is 2.38. The molecule has 2 aliphatic rings. The van der Waals surface area contributed by atoms with Crippen LogP contribution in [-0.2, 0) is 19.1 Å². The summed E-state index contributed by atoms with van der Waals surface area (Å²) in [5, 5.41) is 14.4. The Morgan fingerprint density at radius 2 is 2.10 bits per heavy atom. The minimum Gasteiger partial charge on any atom is -0.451 e. The van der Waals surface area contributed by atoms with E-state index in [2.05, 4.69) is 10.6 Å². The molecule has 9 nitrogen and oxygen atoms in total. The number of anilines is 1. The van der Waals surface area contributed by atoms with E-state index in [0.717, 1.165) is 24.2 Å². The molecule has 158 valence electrons. The quantitative estimate of drug-likeness (QED) is 0.562. The molecule has 0 aromatic heterocycles. The lowest BCUT2D eigenvalue weighted by atomic mass is 9.73. The van der Waals surface area contributed by atoms with E-state index in [1.807, 2.05) is 13.0 Å². The molecule has 2 fully saturated rings. The molecule has 1 aliphatic heterocycles. The van der Waals surface area contributed by atoms with Crippen molar-refractivity contribution in [3.63, 3.8) is 0 Å². The fraction of sp³-hybridized carbons (Fsp3) is 0.476. The largest absolute Gasteiger partial charge is 0.451 e. The molecule has 1 saturated heterocycles. The Morgan fingerprint density at radius 1 is 1.37 bits per heavy atom. The van der Waals surface area contributed by atoms with E-state index < -0.39 is 42.0 Å². The van der Waals surface area contributed by atoms with Gasteiger partial charge >= 0.3 is 12.0 Å². The van der Waals surface area contributed by atoms with Gasteiger partial charge in [-0.1, -0.05) is 31.9 Å². The van der Waals surface area contributed by atoms with Crippen LogP contribution in [0.4, 0.5) is 10.5 Å². The van der Waals surface area contributed by atoms with E-state index in [9.17, 15) is 19.2 Å². The normalized spacial score (nSPS) is 24.2. The maximum Gasteiger partial charge on any atom is 0.327 e. The van der Waals surface area contributed by atoms with Crippen LogP contribution in [0.3, 0.4) is 0 Å². The smallest absolute Gasteiger partial charge is 0.327 e. The molecule has 1 saturated carbocycles. The number of hydrogen-bond acceptors (Lipinski definition) is 6. The molecule has 2 N–H and O–H groups in total. The fourth-order valence-corrected chi connectivity index (χ4v) is 3.98. The number of imide groups is 1. The number of nitrogens with one attached hydrogen (secondary N) is 2. The molecule has 1 aliphatic carbocycles. The Bertz CT molecular complexity index is 924. The molecule has 0 unspecified atom stereocenters. The number of nitriles is 1. The molecule has 9 heteroatoms. The second-order valence-corrected chi connectivity index (χ2v) is 7.72. The molecule has 0 bridgehead atoms.